The highest BCUT2D eigenvalue weighted by Gasteiger charge is 2.34. The van der Waals surface area contributed by atoms with Gasteiger partial charge in [-0.1, -0.05) is 49.1 Å². The summed E-state index contributed by atoms with van der Waals surface area (Å²) in [6.45, 7) is 6.37. The number of rotatable bonds is 8. The van der Waals surface area contributed by atoms with Crippen LogP contribution in [0.15, 0.2) is 61.2 Å². The topological polar surface area (TPSA) is 84.9 Å². The van der Waals surface area contributed by atoms with E-state index in [1.54, 1.807) is 6.08 Å². The maximum atomic E-state index is 12.7. The molecule has 3 aromatic rings. The van der Waals surface area contributed by atoms with E-state index in [0.29, 0.717) is 36.0 Å². The van der Waals surface area contributed by atoms with Crippen molar-refractivity contribution < 1.29 is 24.2 Å². The largest absolute Gasteiger partial charge is 0.490 e. The molecule has 7 heteroatoms. The molecule has 1 aliphatic rings. The first kappa shape index (κ1) is 21.6. The van der Waals surface area contributed by atoms with Gasteiger partial charge in [-0.3, -0.25) is 4.79 Å². The third kappa shape index (κ3) is 4.11. The van der Waals surface area contributed by atoms with Crippen molar-refractivity contribution in [3.8, 4) is 22.6 Å². The fourth-order valence-corrected chi connectivity index (χ4v) is 5.11. The summed E-state index contributed by atoms with van der Waals surface area (Å²) < 4.78 is 11.5. The minimum atomic E-state index is -1.01. The molecule has 0 spiro atoms. The van der Waals surface area contributed by atoms with Crippen molar-refractivity contribution in [3.05, 3.63) is 76.5 Å². The van der Waals surface area contributed by atoms with Crippen LogP contribution in [0.2, 0.25) is 0 Å². The lowest BCUT2D eigenvalue weighted by Crippen LogP contribution is -2.22. The van der Waals surface area contributed by atoms with Crippen molar-refractivity contribution in [2.75, 3.05) is 18.5 Å². The Balaban J connectivity index is 1.84. The van der Waals surface area contributed by atoms with E-state index in [4.69, 9.17) is 9.47 Å². The van der Waals surface area contributed by atoms with Gasteiger partial charge >= 0.3 is 5.97 Å². The summed E-state index contributed by atoms with van der Waals surface area (Å²) in [5.74, 6) is -0.276. The molecule has 0 saturated heterocycles. The van der Waals surface area contributed by atoms with Crippen molar-refractivity contribution >= 4 is 28.9 Å². The molecule has 0 bridgehead atoms. The first-order chi connectivity index (χ1) is 15.5. The van der Waals surface area contributed by atoms with Gasteiger partial charge in [0.2, 0.25) is 5.91 Å². The SMILES string of the molecule is C=CCOc1ccc([C@H]2CC(=O)Nc3c2sc(C(=O)O)c3-c2ccccc2)cc1OCC. The van der Waals surface area contributed by atoms with Crippen LogP contribution in [0.5, 0.6) is 11.5 Å². The zero-order valence-electron chi connectivity index (χ0n) is 17.6. The molecule has 0 radical (unpaired) electrons. The number of thiophene rings is 1. The Labute approximate surface area is 190 Å². The second-order valence-electron chi connectivity index (χ2n) is 7.26. The number of aromatic carboxylic acids is 1. The predicted octanol–water partition coefficient (Wildman–Crippen LogP) is 5.55. The molecule has 2 aromatic carbocycles. The van der Waals surface area contributed by atoms with Crippen molar-refractivity contribution in [3.63, 3.8) is 0 Å². The number of carboxylic acids is 1. The van der Waals surface area contributed by atoms with E-state index in [2.05, 4.69) is 11.9 Å². The standard InChI is InChI=1S/C25H23NO5S/c1-3-12-31-18-11-10-16(13-19(18)30-4-2)17-14-20(27)26-22-21(15-8-6-5-7-9-15)24(25(28)29)32-23(17)22/h3,5-11,13,17H,1,4,12,14H2,2H3,(H,26,27)(H,28,29)/t17-/m1/s1. The summed E-state index contributed by atoms with van der Waals surface area (Å²) in [6, 6.07) is 14.9. The van der Waals surface area contributed by atoms with Crippen LogP contribution in [0.25, 0.3) is 11.1 Å². The van der Waals surface area contributed by atoms with Crippen molar-refractivity contribution in [1.82, 2.24) is 0 Å². The number of anilines is 1. The average molecular weight is 450 g/mol. The van der Waals surface area contributed by atoms with Gasteiger partial charge in [0.25, 0.3) is 0 Å². The number of carbonyl (C=O) groups is 2. The summed E-state index contributed by atoms with van der Waals surface area (Å²) in [4.78, 5) is 25.8. The highest BCUT2D eigenvalue weighted by Crippen LogP contribution is 2.50. The van der Waals surface area contributed by atoms with E-state index in [9.17, 15) is 14.7 Å². The summed E-state index contributed by atoms with van der Waals surface area (Å²) in [7, 11) is 0. The van der Waals surface area contributed by atoms with Crippen LogP contribution < -0.4 is 14.8 Å². The molecule has 1 atom stereocenters. The minimum Gasteiger partial charge on any atom is -0.490 e. The lowest BCUT2D eigenvalue weighted by atomic mass is 9.88. The Morgan fingerprint density at radius 2 is 2.00 bits per heavy atom. The lowest BCUT2D eigenvalue weighted by Gasteiger charge is -2.24. The van der Waals surface area contributed by atoms with Crippen LogP contribution in [0.1, 0.15) is 39.4 Å². The van der Waals surface area contributed by atoms with E-state index < -0.39 is 5.97 Å². The number of ether oxygens (including phenoxy) is 2. The van der Waals surface area contributed by atoms with E-state index >= 15 is 0 Å². The normalized spacial score (nSPS) is 14.9. The van der Waals surface area contributed by atoms with Gasteiger partial charge in [0.15, 0.2) is 11.5 Å². The molecule has 0 saturated carbocycles. The zero-order chi connectivity index (χ0) is 22.7. The maximum absolute atomic E-state index is 12.7. The Morgan fingerprint density at radius 3 is 2.69 bits per heavy atom. The predicted molar refractivity (Wildman–Crippen MR) is 125 cm³/mol. The van der Waals surface area contributed by atoms with Gasteiger partial charge in [0.1, 0.15) is 11.5 Å². The molecule has 1 aliphatic heterocycles. The van der Waals surface area contributed by atoms with E-state index in [1.807, 2.05) is 55.5 Å². The monoisotopic (exact) mass is 449 g/mol. The first-order valence-corrected chi connectivity index (χ1v) is 11.1. The van der Waals surface area contributed by atoms with Gasteiger partial charge in [-0.15, -0.1) is 11.3 Å². The average Bonchev–Trinajstić information content (AvgIpc) is 3.18. The third-order valence-corrected chi connectivity index (χ3v) is 6.48. The lowest BCUT2D eigenvalue weighted by molar-refractivity contribution is -0.116. The zero-order valence-corrected chi connectivity index (χ0v) is 18.4. The van der Waals surface area contributed by atoms with Gasteiger partial charge in [0, 0.05) is 22.8 Å². The molecular formula is C25H23NO5S. The number of benzene rings is 2. The smallest absolute Gasteiger partial charge is 0.346 e. The van der Waals surface area contributed by atoms with Crippen LogP contribution in [-0.4, -0.2) is 30.2 Å². The number of carbonyl (C=O) groups excluding carboxylic acids is 1. The van der Waals surface area contributed by atoms with Gasteiger partial charge in [-0.25, -0.2) is 4.79 Å². The molecule has 2 heterocycles. The third-order valence-electron chi connectivity index (χ3n) is 5.19. The fourth-order valence-electron chi connectivity index (χ4n) is 3.86. The van der Waals surface area contributed by atoms with Crippen LogP contribution in [-0.2, 0) is 4.79 Å². The quantitative estimate of drug-likeness (QED) is 0.441. The molecule has 2 N–H and O–H groups in total. The van der Waals surface area contributed by atoms with Crippen molar-refractivity contribution in [2.45, 2.75) is 19.3 Å². The highest BCUT2D eigenvalue weighted by atomic mass is 32.1. The van der Waals surface area contributed by atoms with E-state index in [-0.39, 0.29) is 23.1 Å². The molecule has 164 valence electrons. The van der Waals surface area contributed by atoms with Crippen LogP contribution in [0.4, 0.5) is 5.69 Å². The number of hydrogen-bond donors (Lipinski definition) is 2. The number of carboxylic acid groups (broad SMARTS) is 1. The van der Waals surface area contributed by atoms with E-state index in [1.165, 1.54) is 11.3 Å². The van der Waals surface area contributed by atoms with Crippen molar-refractivity contribution in [2.24, 2.45) is 0 Å². The molecule has 1 amide bonds. The Kier molecular flexibility index (Phi) is 6.28. The number of hydrogen-bond acceptors (Lipinski definition) is 5. The Morgan fingerprint density at radius 1 is 1.22 bits per heavy atom. The minimum absolute atomic E-state index is 0.153. The molecule has 6 nitrogen and oxygen atoms in total. The molecule has 32 heavy (non-hydrogen) atoms. The Bertz CT molecular complexity index is 1170. The van der Waals surface area contributed by atoms with Gasteiger partial charge < -0.3 is 19.9 Å². The Hall–Kier alpha value is -3.58. The summed E-state index contributed by atoms with van der Waals surface area (Å²) in [6.07, 6.45) is 1.88. The second-order valence-corrected chi connectivity index (χ2v) is 8.31. The van der Waals surface area contributed by atoms with Crippen molar-refractivity contribution in [1.29, 1.82) is 0 Å². The highest BCUT2D eigenvalue weighted by molar-refractivity contribution is 7.15. The number of amides is 1. The molecule has 4 rings (SSSR count). The van der Waals surface area contributed by atoms with Gasteiger partial charge in [0.05, 0.1) is 12.3 Å². The van der Waals surface area contributed by atoms with Crippen LogP contribution in [0.3, 0.4) is 0 Å². The second kappa shape index (κ2) is 9.28. The van der Waals surface area contributed by atoms with Gasteiger partial charge in [-0.2, -0.15) is 0 Å². The maximum Gasteiger partial charge on any atom is 0.346 e. The van der Waals surface area contributed by atoms with Crippen LogP contribution in [0, 0.1) is 0 Å². The molecular weight excluding hydrogens is 426 g/mol. The molecule has 0 fully saturated rings. The molecule has 0 aliphatic carbocycles. The van der Waals surface area contributed by atoms with Gasteiger partial charge in [-0.05, 0) is 30.2 Å². The molecule has 1 aromatic heterocycles. The summed E-state index contributed by atoms with van der Waals surface area (Å²) in [5.41, 5.74) is 2.75. The first-order valence-electron chi connectivity index (χ1n) is 10.3. The summed E-state index contributed by atoms with van der Waals surface area (Å²) in [5, 5.41) is 12.8. The fraction of sp³-hybridized carbons (Fsp3) is 0.200. The number of nitrogens with one attached hydrogen (secondary N) is 1. The number of fused-ring (bicyclic) bond motifs is 1. The van der Waals surface area contributed by atoms with Crippen LogP contribution >= 0.6 is 11.3 Å². The summed E-state index contributed by atoms with van der Waals surface area (Å²) >= 11 is 1.21. The molecule has 0 unspecified atom stereocenters. The van der Waals surface area contributed by atoms with E-state index in [0.717, 1.165) is 16.0 Å².